The van der Waals surface area contributed by atoms with Gasteiger partial charge in [-0.2, -0.15) is 0 Å². The van der Waals surface area contributed by atoms with Crippen LogP contribution in [-0.2, 0) is 0 Å². The molecule has 1 aromatic carbocycles. The number of fused-ring (bicyclic) bond motifs is 5. The van der Waals surface area contributed by atoms with Gasteiger partial charge in [0.25, 0.3) is 11.6 Å². The number of para-hydroxylation sites is 1. The third-order valence-electron chi connectivity index (χ3n) is 5.28. The first-order chi connectivity index (χ1) is 10.1. The van der Waals surface area contributed by atoms with E-state index in [4.69, 9.17) is 0 Å². The lowest BCUT2D eigenvalue weighted by Gasteiger charge is -2.18. The number of nitro benzene ring substituents is 1. The molecule has 21 heavy (non-hydrogen) atoms. The van der Waals surface area contributed by atoms with Gasteiger partial charge in [-0.25, -0.2) is 0 Å². The number of rotatable bonds is 2. The topological polar surface area (TPSA) is 63.4 Å². The van der Waals surface area contributed by atoms with Crippen LogP contribution in [0, 0.1) is 33.8 Å². The van der Waals surface area contributed by atoms with Crippen LogP contribution >= 0.6 is 0 Å². The second kappa shape index (κ2) is 4.41. The Morgan fingerprint density at radius 1 is 1.14 bits per heavy atom. The summed E-state index contributed by atoms with van der Waals surface area (Å²) in [6.07, 6.45) is 5.79. The number of carbonyl (C=O) groups is 1. The van der Waals surface area contributed by atoms with E-state index in [1.807, 2.05) is 4.90 Å². The maximum Gasteiger partial charge on any atom is 0.282 e. The summed E-state index contributed by atoms with van der Waals surface area (Å²) in [4.78, 5) is 25.0. The molecule has 0 spiro atoms. The average Bonchev–Trinajstić information content (AvgIpc) is 3.18. The van der Waals surface area contributed by atoms with Crippen LogP contribution in [0.1, 0.15) is 16.8 Å². The average molecular weight is 284 g/mol. The molecule has 2 bridgehead atoms. The predicted octanol–water partition coefficient (Wildman–Crippen LogP) is 2.49. The molecule has 5 heteroatoms. The van der Waals surface area contributed by atoms with Gasteiger partial charge >= 0.3 is 0 Å². The molecule has 4 atom stereocenters. The molecule has 1 aliphatic heterocycles. The molecular weight excluding hydrogens is 268 g/mol. The van der Waals surface area contributed by atoms with Gasteiger partial charge in [0.05, 0.1) is 4.92 Å². The Labute approximate surface area is 122 Å². The van der Waals surface area contributed by atoms with Crippen LogP contribution in [0.5, 0.6) is 0 Å². The molecule has 1 heterocycles. The molecule has 1 saturated heterocycles. The molecule has 108 valence electrons. The Balaban J connectivity index is 1.59. The Morgan fingerprint density at radius 3 is 2.38 bits per heavy atom. The summed E-state index contributed by atoms with van der Waals surface area (Å²) in [6, 6.07) is 6.23. The maximum atomic E-state index is 12.6. The van der Waals surface area contributed by atoms with Crippen LogP contribution in [0.3, 0.4) is 0 Å². The molecule has 3 aliphatic rings. The van der Waals surface area contributed by atoms with Gasteiger partial charge in [0.2, 0.25) is 0 Å². The normalized spacial score (nSPS) is 32.5. The van der Waals surface area contributed by atoms with Gasteiger partial charge in [0.15, 0.2) is 0 Å². The van der Waals surface area contributed by atoms with Gasteiger partial charge in [0.1, 0.15) is 5.56 Å². The summed E-state index contributed by atoms with van der Waals surface area (Å²) in [7, 11) is 0. The van der Waals surface area contributed by atoms with Gasteiger partial charge in [-0.05, 0) is 36.2 Å². The molecule has 2 fully saturated rings. The number of likely N-dealkylation sites (tertiary alicyclic amines) is 1. The summed E-state index contributed by atoms with van der Waals surface area (Å²) in [5, 5.41) is 11.1. The minimum absolute atomic E-state index is 0.0966. The highest BCUT2D eigenvalue weighted by molar-refractivity contribution is 5.98. The van der Waals surface area contributed by atoms with Crippen LogP contribution in [-0.4, -0.2) is 28.8 Å². The standard InChI is InChI=1S/C16H16N2O3/c19-16(12-3-1-2-4-15(12)18(20)21)17-8-13-10-5-6-11(7-10)14(13)9-17/h1-6,10-11,13-14H,7-9H2/t10-,11-,13+,14+/m0/s1. The Morgan fingerprint density at radius 2 is 1.76 bits per heavy atom. The molecule has 4 rings (SSSR count). The molecule has 1 amide bonds. The predicted molar refractivity (Wildman–Crippen MR) is 76.7 cm³/mol. The van der Waals surface area contributed by atoms with Gasteiger partial charge < -0.3 is 4.90 Å². The van der Waals surface area contributed by atoms with Crippen molar-refractivity contribution in [2.24, 2.45) is 23.7 Å². The maximum absolute atomic E-state index is 12.6. The summed E-state index contributed by atoms with van der Waals surface area (Å²) in [5.74, 6) is 2.10. The first-order valence-electron chi connectivity index (χ1n) is 7.36. The first-order valence-corrected chi connectivity index (χ1v) is 7.36. The molecule has 1 saturated carbocycles. The SMILES string of the molecule is O=C(c1ccccc1[N+](=O)[O-])N1C[C@H]2[C@H](C1)[C@H]1C=C[C@H]2C1. The number of hydrogen-bond acceptors (Lipinski definition) is 3. The van der Waals surface area contributed by atoms with Crippen molar-refractivity contribution in [2.75, 3.05) is 13.1 Å². The minimum atomic E-state index is -0.477. The fourth-order valence-electron chi connectivity index (χ4n) is 4.30. The fraction of sp³-hybridized carbons (Fsp3) is 0.438. The lowest BCUT2D eigenvalue weighted by Crippen LogP contribution is -2.30. The van der Waals surface area contributed by atoms with E-state index in [-0.39, 0.29) is 17.2 Å². The molecule has 2 aliphatic carbocycles. The quantitative estimate of drug-likeness (QED) is 0.476. The van der Waals surface area contributed by atoms with Crippen molar-refractivity contribution in [3.63, 3.8) is 0 Å². The van der Waals surface area contributed by atoms with Gasteiger partial charge in [-0.3, -0.25) is 14.9 Å². The summed E-state index contributed by atoms with van der Waals surface area (Å²) >= 11 is 0. The zero-order chi connectivity index (χ0) is 14.6. The number of nitrogens with zero attached hydrogens (tertiary/aromatic N) is 2. The van der Waals surface area contributed by atoms with Crippen LogP contribution in [0.2, 0.25) is 0 Å². The molecule has 0 aromatic heterocycles. The molecule has 0 radical (unpaired) electrons. The van der Waals surface area contributed by atoms with E-state index in [0.717, 1.165) is 13.1 Å². The minimum Gasteiger partial charge on any atom is -0.338 e. The third kappa shape index (κ3) is 1.80. The smallest absolute Gasteiger partial charge is 0.282 e. The van der Waals surface area contributed by atoms with Crippen molar-refractivity contribution in [2.45, 2.75) is 6.42 Å². The number of allylic oxidation sites excluding steroid dienone is 2. The van der Waals surface area contributed by atoms with Gasteiger partial charge in [0, 0.05) is 19.2 Å². The highest BCUT2D eigenvalue weighted by Gasteiger charge is 2.50. The van der Waals surface area contributed by atoms with E-state index in [1.54, 1.807) is 18.2 Å². The van der Waals surface area contributed by atoms with E-state index in [2.05, 4.69) is 12.2 Å². The largest absolute Gasteiger partial charge is 0.338 e. The summed E-state index contributed by atoms with van der Waals surface area (Å²) in [6.45, 7) is 1.47. The second-order valence-corrected chi connectivity index (χ2v) is 6.26. The highest BCUT2D eigenvalue weighted by atomic mass is 16.6. The Kier molecular flexibility index (Phi) is 2.64. The van der Waals surface area contributed by atoms with E-state index in [9.17, 15) is 14.9 Å². The third-order valence-corrected chi connectivity index (χ3v) is 5.28. The summed E-state index contributed by atoms with van der Waals surface area (Å²) < 4.78 is 0. The fourth-order valence-corrected chi connectivity index (χ4v) is 4.30. The molecule has 5 nitrogen and oxygen atoms in total. The van der Waals surface area contributed by atoms with Crippen LogP contribution in [0.15, 0.2) is 36.4 Å². The van der Waals surface area contributed by atoms with Gasteiger partial charge in [-0.15, -0.1) is 0 Å². The number of amides is 1. The van der Waals surface area contributed by atoms with E-state index >= 15 is 0 Å². The van der Waals surface area contributed by atoms with Crippen LogP contribution in [0.25, 0.3) is 0 Å². The molecule has 1 aromatic rings. The van der Waals surface area contributed by atoms with Crippen molar-refractivity contribution < 1.29 is 9.72 Å². The first kappa shape index (κ1) is 12.6. The van der Waals surface area contributed by atoms with Crippen molar-refractivity contribution in [1.82, 2.24) is 4.90 Å². The zero-order valence-corrected chi connectivity index (χ0v) is 11.5. The Bertz CT molecular complexity index is 635. The van der Waals surface area contributed by atoms with E-state index in [0.29, 0.717) is 23.7 Å². The van der Waals surface area contributed by atoms with Crippen molar-refractivity contribution in [3.05, 3.63) is 52.1 Å². The van der Waals surface area contributed by atoms with Crippen molar-refractivity contribution in [3.8, 4) is 0 Å². The zero-order valence-electron chi connectivity index (χ0n) is 11.5. The molecule has 0 N–H and O–H groups in total. The highest BCUT2D eigenvalue weighted by Crippen LogP contribution is 2.51. The molecular formula is C16H16N2O3. The van der Waals surface area contributed by atoms with Crippen LogP contribution < -0.4 is 0 Å². The van der Waals surface area contributed by atoms with Crippen LogP contribution in [0.4, 0.5) is 5.69 Å². The number of hydrogen-bond donors (Lipinski definition) is 0. The molecule has 0 unspecified atom stereocenters. The Hall–Kier alpha value is -2.17. The second-order valence-electron chi connectivity index (χ2n) is 6.26. The number of benzene rings is 1. The van der Waals surface area contributed by atoms with Crippen molar-refractivity contribution >= 4 is 11.6 Å². The van der Waals surface area contributed by atoms with E-state index in [1.165, 1.54) is 12.5 Å². The lowest BCUT2D eigenvalue weighted by molar-refractivity contribution is -0.385. The lowest BCUT2D eigenvalue weighted by atomic mass is 9.86. The monoisotopic (exact) mass is 284 g/mol. The van der Waals surface area contributed by atoms with Crippen molar-refractivity contribution in [1.29, 1.82) is 0 Å². The number of nitro groups is 1. The van der Waals surface area contributed by atoms with E-state index < -0.39 is 4.92 Å². The summed E-state index contributed by atoms with van der Waals surface area (Å²) in [5.41, 5.74) is 0.114. The number of carbonyl (C=O) groups excluding carboxylic acids is 1. The van der Waals surface area contributed by atoms with Gasteiger partial charge in [-0.1, -0.05) is 24.3 Å².